The highest BCUT2D eigenvalue weighted by molar-refractivity contribution is 6.30. The van der Waals surface area contributed by atoms with E-state index in [1.54, 1.807) is 6.20 Å². The van der Waals surface area contributed by atoms with Crippen LogP contribution in [0.4, 0.5) is 0 Å². The molecule has 0 spiro atoms. The molecule has 1 aliphatic heterocycles. The first kappa shape index (κ1) is 12.6. The molecule has 0 amide bonds. The summed E-state index contributed by atoms with van der Waals surface area (Å²) in [7, 11) is 0. The van der Waals surface area contributed by atoms with Gasteiger partial charge in [-0.1, -0.05) is 11.6 Å². The number of aromatic nitrogens is 2. The van der Waals surface area contributed by atoms with E-state index in [1.807, 2.05) is 6.92 Å². The van der Waals surface area contributed by atoms with Crippen LogP contribution < -0.4 is 10.1 Å². The lowest BCUT2D eigenvalue weighted by Gasteiger charge is -2.22. The summed E-state index contributed by atoms with van der Waals surface area (Å²) in [6, 6.07) is 0.384. The van der Waals surface area contributed by atoms with Gasteiger partial charge >= 0.3 is 6.01 Å². The van der Waals surface area contributed by atoms with E-state index in [1.165, 1.54) is 12.8 Å². The zero-order valence-electron chi connectivity index (χ0n) is 10.1. The Morgan fingerprint density at radius 1 is 1.47 bits per heavy atom. The minimum Gasteiger partial charge on any atom is -0.463 e. The van der Waals surface area contributed by atoms with Crippen LogP contribution in [0, 0.1) is 12.8 Å². The van der Waals surface area contributed by atoms with Gasteiger partial charge in [0.2, 0.25) is 0 Å². The molecule has 0 atom stereocenters. The molecule has 0 aliphatic carbocycles. The zero-order chi connectivity index (χ0) is 12.1. The molecule has 5 heteroatoms. The van der Waals surface area contributed by atoms with Gasteiger partial charge in [-0.15, -0.1) is 0 Å². The minimum absolute atomic E-state index is 0.384. The number of hydrogen-bond donors (Lipinski definition) is 1. The molecule has 0 bridgehead atoms. The number of aryl methyl sites for hydroxylation is 1. The maximum absolute atomic E-state index is 5.90. The third kappa shape index (κ3) is 3.82. The Labute approximate surface area is 107 Å². The van der Waals surface area contributed by atoms with Crippen molar-refractivity contribution in [2.75, 3.05) is 19.7 Å². The topological polar surface area (TPSA) is 47.0 Å². The van der Waals surface area contributed by atoms with Gasteiger partial charge in [-0.25, -0.2) is 4.98 Å². The lowest BCUT2D eigenvalue weighted by atomic mass is 9.95. The standard InChI is InChI=1S/C12H18ClN3O/c1-9-8-15-12(16-11(9)13)17-7-4-10-2-5-14-6-3-10/h8,10,14H,2-7H2,1H3. The number of ether oxygens (including phenoxy) is 1. The first-order valence-electron chi connectivity index (χ1n) is 6.08. The Morgan fingerprint density at radius 3 is 2.94 bits per heavy atom. The third-order valence-electron chi connectivity index (χ3n) is 3.10. The molecule has 0 radical (unpaired) electrons. The van der Waals surface area contributed by atoms with Crippen LogP contribution in [0.3, 0.4) is 0 Å². The van der Waals surface area contributed by atoms with Crippen molar-refractivity contribution in [3.63, 3.8) is 0 Å². The molecule has 1 aromatic rings. The van der Waals surface area contributed by atoms with Gasteiger partial charge in [0.1, 0.15) is 5.15 Å². The van der Waals surface area contributed by atoms with Crippen molar-refractivity contribution in [2.45, 2.75) is 26.2 Å². The summed E-state index contributed by atoms with van der Waals surface area (Å²) in [5.41, 5.74) is 0.873. The van der Waals surface area contributed by atoms with Crippen LogP contribution in [-0.4, -0.2) is 29.7 Å². The summed E-state index contributed by atoms with van der Waals surface area (Å²) in [6.45, 7) is 4.79. The number of rotatable bonds is 4. The maximum Gasteiger partial charge on any atom is 0.317 e. The van der Waals surface area contributed by atoms with Gasteiger partial charge in [0.05, 0.1) is 6.61 Å². The van der Waals surface area contributed by atoms with Gasteiger partial charge in [-0.05, 0) is 45.2 Å². The highest BCUT2D eigenvalue weighted by atomic mass is 35.5. The summed E-state index contributed by atoms with van der Waals surface area (Å²) in [4.78, 5) is 8.17. The largest absolute Gasteiger partial charge is 0.463 e. The van der Waals surface area contributed by atoms with Crippen LogP contribution in [0.15, 0.2) is 6.20 Å². The molecule has 2 heterocycles. The Kier molecular flexibility index (Phi) is 4.57. The van der Waals surface area contributed by atoms with E-state index in [-0.39, 0.29) is 0 Å². The molecule has 0 saturated carbocycles. The summed E-state index contributed by atoms with van der Waals surface area (Å²) < 4.78 is 5.52. The van der Waals surface area contributed by atoms with Gasteiger partial charge in [0, 0.05) is 11.8 Å². The molecule has 4 nitrogen and oxygen atoms in total. The Bertz CT molecular complexity index is 367. The lowest BCUT2D eigenvalue weighted by Crippen LogP contribution is -2.28. The first-order valence-corrected chi connectivity index (χ1v) is 6.46. The van der Waals surface area contributed by atoms with Gasteiger partial charge < -0.3 is 10.1 Å². The average Bonchev–Trinajstić information content (AvgIpc) is 2.35. The van der Waals surface area contributed by atoms with E-state index in [2.05, 4.69) is 15.3 Å². The van der Waals surface area contributed by atoms with Crippen LogP contribution in [0.1, 0.15) is 24.8 Å². The summed E-state index contributed by atoms with van der Waals surface area (Å²) in [5.74, 6) is 0.761. The van der Waals surface area contributed by atoms with Gasteiger partial charge in [0.25, 0.3) is 0 Å². The molecule has 94 valence electrons. The number of nitrogens with zero attached hydrogens (tertiary/aromatic N) is 2. The molecule has 0 unspecified atom stereocenters. The third-order valence-corrected chi connectivity index (χ3v) is 3.49. The summed E-state index contributed by atoms with van der Waals surface area (Å²) >= 11 is 5.90. The van der Waals surface area contributed by atoms with Crippen LogP contribution in [-0.2, 0) is 0 Å². The summed E-state index contributed by atoms with van der Waals surface area (Å²) in [5, 5.41) is 3.82. The Balaban J connectivity index is 1.75. The fraction of sp³-hybridized carbons (Fsp3) is 0.667. The van der Waals surface area contributed by atoms with Crippen molar-refractivity contribution in [2.24, 2.45) is 5.92 Å². The monoisotopic (exact) mass is 255 g/mol. The number of halogens is 1. The molecule has 0 aromatic carbocycles. The van der Waals surface area contributed by atoms with E-state index < -0.39 is 0 Å². The molecule has 17 heavy (non-hydrogen) atoms. The minimum atomic E-state index is 0.384. The molecular weight excluding hydrogens is 238 g/mol. The highest BCUT2D eigenvalue weighted by Crippen LogP contribution is 2.17. The predicted octanol–water partition coefficient (Wildman–Crippen LogP) is 2.21. The SMILES string of the molecule is Cc1cnc(OCCC2CCNCC2)nc1Cl. The second-order valence-corrected chi connectivity index (χ2v) is 4.81. The maximum atomic E-state index is 5.90. The molecule has 1 fully saturated rings. The highest BCUT2D eigenvalue weighted by Gasteiger charge is 2.13. The number of nitrogens with one attached hydrogen (secondary N) is 1. The second kappa shape index (κ2) is 6.17. The number of hydrogen-bond acceptors (Lipinski definition) is 4. The molecule has 1 saturated heterocycles. The predicted molar refractivity (Wildman–Crippen MR) is 67.5 cm³/mol. The van der Waals surface area contributed by atoms with E-state index in [0.29, 0.717) is 17.8 Å². The van der Waals surface area contributed by atoms with Crippen molar-refractivity contribution >= 4 is 11.6 Å². The molecular formula is C12H18ClN3O. The van der Waals surface area contributed by atoms with Crippen LogP contribution in [0.5, 0.6) is 6.01 Å². The molecule has 1 aromatic heterocycles. The molecule has 1 N–H and O–H groups in total. The van der Waals surface area contributed by atoms with Crippen LogP contribution in [0.2, 0.25) is 5.15 Å². The first-order chi connectivity index (χ1) is 8.25. The normalized spacial score (nSPS) is 17.1. The van der Waals surface area contributed by atoms with E-state index in [0.717, 1.165) is 31.0 Å². The number of piperidine rings is 1. The van der Waals surface area contributed by atoms with Gasteiger partial charge in [0.15, 0.2) is 0 Å². The van der Waals surface area contributed by atoms with Gasteiger partial charge in [-0.3, -0.25) is 0 Å². The Hall–Kier alpha value is -0.870. The van der Waals surface area contributed by atoms with Crippen molar-refractivity contribution in [3.05, 3.63) is 16.9 Å². The van der Waals surface area contributed by atoms with Crippen molar-refractivity contribution in [3.8, 4) is 6.01 Å². The second-order valence-electron chi connectivity index (χ2n) is 4.46. The van der Waals surface area contributed by atoms with E-state index >= 15 is 0 Å². The van der Waals surface area contributed by atoms with Crippen LogP contribution >= 0.6 is 11.6 Å². The summed E-state index contributed by atoms with van der Waals surface area (Å²) in [6.07, 6.45) is 5.23. The van der Waals surface area contributed by atoms with E-state index in [4.69, 9.17) is 16.3 Å². The average molecular weight is 256 g/mol. The quantitative estimate of drug-likeness (QED) is 0.838. The zero-order valence-corrected chi connectivity index (χ0v) is 10.8. The molecule has 2 rings (SSSR count). The van der Waals surface area contributed by atoms with Crippen molar-refractivity contribution in [1.82, 2.24) is 15.3 Å². The van der Waals surface area contributed by atoms with E-state index in [9.17, 15) is 0 Å². The lowest BCUT2D eigenvalue weighted by molar-refractivity contribution is 0.238. The van der Waals surface area contributed by atoms with Gasteiger partial charge in [-0.2, -0.15) is 4.98 Å². The Morgan fingerprint density at radius 2 is 2.24 bits per heavy atom. The fourth-order valence-electron chi connectivity index (χ4n) is 1.96. The fourth-order valence-corrected chi connectivity index (χ4v) is 2.08. The van der Waals surface area contributed by atoms with Crippen molar-refractivity contribution in [1.29, 1.82) is 0 Å². The molecule has 1 aliphatic rings. The smallest absolute Gasteiger partial charge is 0.317 e. The van der Waals surface area contributed by atoms with Crippen LogP contribution in [0.25, 0.3) is 0 Å². The van der Waals surface area contributed by atoms with Crippen molar-refractivity contribution < 1.29 is 4.74 Å².